The van der Waals surface area contributed by atoms with E-state index >= 15 is 0 Å². The number of hydrogen-bond donors (Lipinski definition) is 0. The molecule has 152 valence electrons. The standard InChI is InChI=1S/C28H31N2/c1-18(2)13-24-12-11-23(17-29-24)26-16-22-9-7-8-10-27(22)30(6)28(26)25-15-19(3)14-20(4)21(25)5/h7-12,14-18H,13H2,1-6H3/q+1. The van der Waals surface area contributed by atoms with Crippen LogP contribution in [0.1, 0.15) is 36.2 Å². The van der Waals surface area contributed by atoms with Crippen molar-refractivity contribution in [2.75, 3.05) is 0 Å². The molecule has 0 aliphatic rings. The largest absolute Gasteiger partial charge is 0.261 e. The van der Waals surface area contributed by atoms with E-state index in [9.17, 15) is 0 Å². The highest BCUT2D eigenvalue weighted by Gasteiger charge is 2.23. The van der Waals surface area contributed by atoms with Crippen LogP contribution >= 0.6 is 0 Å². The first kappa shape index (κ1) is 20.3. The van der Waals surface area contributed by atoms with E-state index in [1.165, 1.54) is 44.4 Å². The topological polar surface area (TPSA) is 16.8 Å². The first-order valence-corrected chi connectivity index (χ1v) is 10.8. The number of nitrogens with zero attached hydrogens (tertiary/aromatic N) is 2. The number of aromatic nitrogens is 2. The highest BCUT2D eigenvalue weighted by molar-refractivity contribution is 5.89. The zero-order chi connectivity index (χ0) is 21.4. The van der Waals surface area contributed by atoms with Crippen molar-refractivity contribution >= 4 is 10.9 Å². The van der Waals surface area contributed by atoms with Crippen LogP contribution in [0.4, 0.5) is 0 Å². The van der Waals surface area contributed by atoms with Gasteiger partial charge < -0.3 is 0 Å². The van der Waals surface area contributed by atoms with Gasteiger partial charge in [0.25, 0.3) is 0 Å². The summed E-state index contributed by atoms with van der Waals surface area (Å²) in [5.74, 6) is 0.607. The van der Waals surface area contributed by atoms with Crippen LogP contribution in [0, 0.1) is 26.7 Å². The van der Waals surface area contributed by atoms with Gasteiger partial charge in [0.1, 0.15) is 7.05 Å². The van der Waals surface area contributed by atoms with Gasteiger partial charge in [-0.15, -0.1) is 0 Å². The molecule has 2 nitrogen and oxygen atoms in total. The predicted octanol–water partition coefficient (Wildman–Crippen LogP) is 6.52. The maximum absolute atomic E-state index is 4.79. The molecule has 0 fully saturated rings. The fourth-order valence-corrected chi connectivity index (χ4v) is 4.39. The van der Waals surface area contributed by atoms with Crippen LogP contribution in [0.3, 0.4) is 0 Å². The molecule has 0 saturated carbocycles. The van der Waals surface area contributed by atoms with Gasteiger partial charge in [-0.1, -0.05) is 43.7 Å². The molecule has 0 spiro atoms. The van der Waals surface area contributed by atoms with Crippen LogP contribution < -0.4 is 4.57 Å². The molecule has 0 aliphatic heterocycles. The first-order chi connectivity index (χ1) is 14.3. The summed E-state index contributed by atoms with van der Waals surface area (Å²) in [6.07, 6.45) is 3.05. The molecule has 2 heteroatoms. The van der Waals surface area contributed by atoms with E-state index < -0.39 is 0 Å². The van der Waals surface area contributed by atoms with E-state index in [0.717, 1.165) is 17.7 Å². The quantitative estimate of drug-likeness (QED) is 0.360. The Hall–Kier alpha value is -3.00. The lowest BCUT2D eigenvalue weighted by atomic mass is 9.92. The van der Waals surface area contributed by atoms with Gasteiger partial charge in [0.2, 0.25) is 11.2 Å². The van der Waals surface area contributed by atoms with Crippen LogP contribution in [0.5, 0.6) is 0 Å². The molecule has 2 aromatic heterocycles. The summed E-state index contributed by atoms with van der Waals surface area (Å²) in [4.78, 5) is 4.79. The summed E-state index contributed by atoms with van der Waals surface area (Å²) in [5.41, 5.74) is 11.3. The Bertz CT molecular complexity index is 1220. The number of aryl methyl sites for hydroxylation is 3. The summed E-state index contributed by atoms with van der Waals surface area (Å²) >= 11 is 0. The second kappa shape index (κ2) is 8.02. The molecule has 0 radical (unpaired) electrons. The van der Waals surface area contributed by atoms with Crippen molar-refractivity contribution in [3.05, 3.63) is 83.2 Å². The molecule has 0 saturated heterocycles. The molecule has 0 atom stereocenters. The molecule has 2 aromatic carbocycles. The summed E-state index contributed by atoms with van der Waals surface area (Å²) in [6, 6.07) is 19.9. The van der Waals surface area contributed by atoms with Crippen LogP contribution in [-0.4, -0.2) is 4.98 Å². The number of pyridine rings is 2. The second-order valence-electron chi connectivity index (χ2n) is 8.92. The Morgan fingerprint density at radius 1 is 0.900 bits per heavy atom. The SMILES string of the molecule is Cc1cc(C)c(C)c(-c2c(-c3ccc(CC(C)C)nc3)cc3ccccc3[n+]2C)c1. The maximum atomic E-state index is 4.79. The smallest absolute Gasteiger partial charge is 0.221 e. The lowest BCUT2D eigenvalue weighted by Crippen LogP contribution is -2.33. The average molecular weight is 396 g/mol. The fraction of sp³-hybridized carbons (Fsp3) is 0.286. The number of para-hydroxylation sites is 1. The van der Waals surface area contributed by atoms with Gasteiger partial charge in [0.05, 0.1) is 11.1 Å². The summed E-state index contributed by atoms with van der Waals surface area (Å²) < 4.78 is 2.34. The van der Waals surface area contributed by atoms with Gasteiger partial charge in [-0.25, -0.2) is 0 Å². The lowest BCUT2D eigenvalue weighted by Gasteiger charge is -2.15. The Balaban J connectivity index is 2.01. The van der Waals surface area contributed by atoms with Gasteiger partial charge in [0.15, 0.2) is 0 Å². The minimum absolute atomic E-state index is 0.607. The van der Waals surface area contributed by atoms with E-state index in [0.29, 0.717) is 5.92 Å². The molecule has 4 rings (SSSR count). The Labute approximate surface area is 180 Å². The van der Waals surface area contributed by atoms with Crippen LogP contribution in [0.25, 0.3) is 33.3 Å². The molecule has 0 bridgehead atoms. The van der Waals surface area contributed by atoms with Gasteiger partial charge in [0, 0.05) is 28.9 Å². The third kappa shape index (κ3) is 3.75. The summed E-state index contributed by atoms with van der Waals surface area (Å²) in [6.45, 7) is 11.1. The zero-order valence-corrected chi connectivity index (χ0v) is 19.0. The van der Waals surface area contributed by atoms with Gasteiger partial charge >= 0.3 is 0 Å². The summed E-state index contributed by atoms with van der Waals surface area (Å²) in [5, 5.41) is 1.24. The first-order valence-electron chi connectivity index (χ1n) is 10.8. The monoisotopic (exact) mass is 395 g/mol. The second-order valence-corrected chi connectivity index (χ2v) is 8.92. The minimum Gasteiger partial charge on any atom is -0.261 e. The van der Waals surface area contributed by atoms with Crippen molar-refractivity contribution in [1.29, 1.82) is 0 Å². The predicted molar refractivity (Wildman–Crippen MR) is 127 cm³/mol. The molecule has 0 aliphatic carbocycles. The Morgan fingerprint density at radius 2 is 1.67 bits per heavy atom. The molecule has 4 aromatic rings. The molecular weight excluding hydrogens is 364 g/mol. The highest BCUT2D eigenvalue weighted by Crippen LogP contribution is 2.35. The normalized spacial score (nSPS) is 11.4. The van der Waals surface area contributed by atoms with Gasteiger partial charge in [-0.3, -0.25) is 4.98 Å². The lowest BCUT2D eigenvalue weighted by molar-refractivity contribution is -0.633. The number of benzene rings is 2. The van der Waals surface area contributed by atoms with E-state index in [4.69, 9.17) is 4.98 Å². The fourth-order valence-electron chi connectivity index (χ4n) is 4.39. The molecule has 0 amide bonds. The minimum atomic E-state index is 0.607. The molecule has 0 N–H and O–H groups in total. The molecular formula is C28H31N2+. The maximum Gasteiger partial charge on any atom is 0.221 e. The van der Waals surface area contributed by atoms with Crippen LogP contribution in [0.2, 0.25) is 0 Å². The Morgan fingerprint density at radius 3 is 2.37 bits per heavy atom. The van der Waals surface area contributed by atoms with Crippen molar-refractivity contribution in [1.82, 2.24) is 4.98 Å². The zero-order valence-electron chi connectivity index (χ0n) is 19.0. The number of hydrogen-bond acceptors (Lipinski definition) is 1. The van der Waals surface area contributed by atoms with E-state index in [2.05, 4.69) is 101 Å². The van der Waals surface area contributed by atoms with Crippen molar-refractivity contribution < 1.29 is 4.57 Å². The third-order valence-corrected chi connectivity index (χ3v) is 6.01. The van der Waals surface area contributed by atoms with Gasteiger partial charge in [-0.05, 0) is 68.5 Å². The van der Waals surface area contributed by atoms with Crippen molar-refractivity contribution in [2.24, 2.45) is 13.0 Å². The highest BCUT2D eigenvalue weighted by atomic mass is 14.9. The van der Waals surface area contributed by atoms with E-state index in [1.54, 1.807) is 0 Å². The number of fused-ring (bicyclic) bond motifs is 1. The van der Waals surface area contributed by atoms with Crippen molar-refractivity contribution in [3.8, 4) is 22.4 Å². The number of rotatable bonds is 4. The van der Waals surface area contributed by atoms with Crippen LogP contribution in [-0.2, 0) is 13.5 Å². The van der Waals surface area contributed by atoms with Crippen molar-refractivity contribution in [3.63, 3.8) is 0 Å². The summed E-state index contributed by atoms with van der Waals surface area (Å²) in [7, 11) is 2.18. The van der Waals surface area contributed by atoms with Crippen molar-refractivity contribution in [2.45, 2.75) is 41.0 Å². The molecule has 2 heterocycles. The average Bonchev–Trinajstić information content (AvgIpc) is 2.71. The van der Waals surface area contributed by atoms with E-state index in [-0.39, 0.29) is 0 Å². The molecule has 0 unspecified atom stereocenters. The van der Waals surface area contributed by atoms with Gasteiger partial charge in [-0.2, -0.15) is 4.57 Å². The third-order valence-electron chi connectivity index (χ3n) is 6.01. The van der Waals surface area contributed by atoms with E-state index in [1.807, 2.05) is 6.20 Å². The van der Waals surface area contributed by atoms with Crippen LogP contribution in [0.15, 0.2) is 60.8 Å². The molecule has 30 heavy (non-hydrogen) atoms. The Kier molecular flexibility index (Phi) is 5.42.